The monoisotopic (exact) mass is 549 g/mol. The quantitative estimate of drug-likeness (QED) is 0.264. The number of benzene rings is 1. The summed E-state index contributed by atoms with van der Waals surface area (Å²) in [5.74, 6) is 1.05. The fourth-order valence-corrected chi connectivity index (χ4v) is 5.86. The third-order valence-corrected chi connectivity index (χ3v) is 7.91. The summed E-state index contributed by atoms with van der Waals surface area (Å²) in [4.78, 5) is 19.9. The number of aryl methyl sites for hydroxylation is 1. The number of nitrogens with one attached hydrogen (secondary N) is 1. The van der Waals surface area contributed by atoms with E-state index in [1.165, 1.54) is 6.07 Å². The number of likely N-dealkylation sites (tertiary alicyclic amines) is 1. The number of anilines is 2. The van der Waals surface area contributed by atoms with E-state index in [4.69, 9.17) is 4.74 Å². The molecule has 4 aromatic rings. The molecule has 0 saturated carbocycles. The van der Waals surface area contributed by atoms with Gasteiger partial charge in [-0.2, -0.15) is 0 Å². The number of halogens is 2. The second-order valence-electron chi connectivity index (χ2n) is 10.8. The van der Waals surface area contributed by atoms with Gasteiger partial charge in [0.25, 0.3) is 0 Å². The lowest BCUT2D eigenvalue weighted by molar-refractivity contribution is 0.116. The van der Waals surface area contributed by atoms with Crippen LogP contribution in [0.3, 0.4) is 0 Å². The van der Waals surface area contributed by atoms with E-state index in [2.05, 4.69) is 37.1 Å². The summed E-state index contributed by atoms with van der Waals surface area (Å²) >= 11 is 0. The Morgan fingerprint density at radius 3 is 2.48 bits per heavy atom. The Bertz CT molecular complexity index is 1460. The van der Waals surface area contributed by atoms with Crippen molar-refractivity contribution in [1.29, 1.82) is 0 Å². The molecular weight excluding hydrogens is 512 g/mol. The summed E-state index contributed by atoms with van der Waals surface area (Å²) in [6.45, 7) is 12.0. The number of hydrogen-bond donors (Lipinski definition) is 1. The molecule has 0 spiro atoms. The molecule has 1 aromatic carbocycles. The van der Waals surface area contributed by atoms with Gasteiger partial charge in [-0.3, -0.25) is 0 Å². The van der Waals surface area contributed by atoms with Crippen LogP contribution >= 0.6 is 0 Å². The van der Waals surface area contributed by atoms with Crippen molar-refractivity contribution in [1.82, 2.24) is 29.4 Å². The van der Waals surface area contributed by atoms with Crippen molar-refractivity contribution in [2.45, 2.75) is 52.5 Å². The molecule has 0 bridgehead atoms. The predicted octanol–water partition coefficient (Wildman–Crippen LogP) is 6.26. The van der Waals surface area contributed by atoms with Gasteiger partial charge in [-0.1, -0.05) is 13.0 Å². The number of fused-ring (bicyclic) bond motifs is 1. The molecule has 1 N–H and O–H groups in total. The third-order valence-electron chi connectivity index (χ3n) is 7.91. The van der Waals surface area contributed by atoms with Crippen LogP contribution in [0.1, 0.15) is 57.0 Å². The van der Waals surface area contributed by atoms with Crippen LogP contribution in [0.15, 0.2) is 36.7 Å². The minimum Gasteiger partial charge on any atom is -0.384 e. The van der Waals surface area contributed by atoms with Crippen LogP contribution in [0.5, 0.6) is 0 Å². The summed E-state index contributed by atoms with van der Waals surface area (Å²) in [5.41, 5.74) is 2.30. The summed E-state index contributed by atoms with van der Waals surface area (Å²) < 4.78 is 37.4. The topological polar surface area (TPSA) is 81.0 Å². The Hall–Kier alpha value is -3.50. The van der Waals surface area contributed by atoms with Gasteiger partial charge in [0, 0.05) is 30.8 Å². The van der Waals surface area contributed by atoms with Crippen LogP contribution in [-0.4, -0.2) is 62.8 Å². The minimum absolute atomic E-state index is 0.00246. The van der Waals surface area contributed by atoms with Crippen LogP contribution in [0, 0.1) is 24.5 Å². The van der Waals surface area contributed by atoms with Gasteiger partial charge in [-0.25, -0.2) is 28.7 Å². The van der Waals surface area contributed by atoms with Crippen LogP contribution in [-0.2, 0) is 4.74 Å². The van der Waals surface area contributed by atoms with Crippen molar-refractivity contribution in [2.24, 2.45) is 5.92 Å². The van der Waals surface area contributed by atoms with E-state index in [1.807, 2.05) is 43.7 Å². The summed E-state index contributed by atoms with van der Waals surface area (Å²) in [6, 6.07) is 6.98. The van der Waals surface area contributed by atoms with Crippen molar-refractivity contribution < 1.29 is 13.5 Å². The van der Waals surface area contributed by atoms with Crippen LogP contribution in [0.4, 0.5) is 20.5 Å². The zero-order valence-electron chi connectivity index (χ0n) is 23.8. The summed E-state index contributed by atoms with van der Waals surface area (Å²) in [5, 5.41) is 3.07. The molecular formula is C30H37F2N7O. The first-order chi connectivity index (χ1) is 19.3. The molecule has 5 rings (SSSR count). The maximum atomic E-state index is 15.0. The number of methoxy groups -OCH3 is 1. The molecule has 0 radical (unpaired) electrons. The number of hydrogen-bond acceptors (Lipinski definition) is 7. The van der Waals surface area contributed by atoms with Gasteiger partial charge in [0.2, 0.25) is 5.95 Å². The smallest absolute Gasteiger partial charge is 0.229 e. The van der Waals surface area contributed by atoms with Gasteiger partial charge in [0.15, 0.2) is 11.6 Å². The number of ether oxygens (including phenoxy) is 1. The Morgan fingerprint density at radius 2 is 1.82 bits per heavy atom. The van der Waals surface area contributed by atoms with E-state index >= 15 is 4.39 Å². The van der Waals surface area contributed by atoms with Gasteiger partial charge in [0.05, 0.1) is 18.3 Å². The first kappa shape index (κ1) is 28.0. The van der Waals surface area contributed by atoms with Crippen LogP contribution in [0.25, 0.3) is 22.3 Å². The average molecular weight is 550 g/mol. The maximum Gasteiger partial charge on any atom is 0.229 e. The second-order valence-corrected chi connectivity index (χ2v) is 10.8. The molecule has 1 aliphatic heterocycles. The fourth-order valence-electron chi connectivity index (χ4n) is 5.86. The van der Waals surface area contributed by atoms with E-state index in [0.29, 0.717) is 35.2 Å². The number of pyridine rings is 1. The number of rotatable bonds is 9. The molecule has 1 aliphatic rings. The Balaban J connectivity index is 1.38. The van der Waals surface area contributed by atoms with E-state index in [1.54, 1.807) is 13.2 Å². The molecule has 8 nitrogen and oxygen atoms in total. The number of imidazole rings is 1. The molecule has 0 unspecified atom stereocenters. The Labute approximate surface area is 233 Å². The molecule has 212 valence electrons. The molecule has 0 amide bonds. The zero-order chi connectivity index (χ0) is 28.4. The van der Waals surface area contributed by atoms with E-state index < -0.39 is 11.6 Å². The zero-order valence-corrected chi connectivity index (χ0v) is 23.8. The van der Waals surface area contributed by atoms with Gasteiger partial charge in [0.1, 0.15) is 22.9 Å². The molecule has 40 heavy (non-hydrogen) atoms. The van der Waals surface area contributed by atoms with Gasteiger partial charge in [-0.05, 0) is 82.9 Å². The van der Waals surface area contributed by atoms with E-state index in [9.17, 15) is 4.39 Å². The highest BCUT2D eigenvalue weighted by molar-refractivity contribution is 5.83. The molecule has 1 fully saturated rings. The normalized spacial score (nSPS) is 15.7. The predicted molar refractivity (Wildman–Crippen MR) is 153 cm³/mol. The van der Waals surface area contributed by atoms with Crippen molar-refractivity contribution in [3.63, 3.8) is 0 Å². The summed E-state index contributed by atoms with van der Waals surface area (Å²) in [6.07, 6.45) is 5.22. The van der Waals surface area contributed by atoms with Crippen molar-refractivity contribution in [3.05, 3.63) is 59.7 Å². The summed E-state index contributed by atoms with van der Waals surface area (Å²) in [7, 11) is 1.74. The van der Waals surface area contributed by atoms with Crippen molar-refractivity contribution >= 4 is 22.8 Å². The molecule has 0 aliphatic carbocycles. The molecule has 1 saturated heterocycles. The van der Waals surface area contributed by atoms with Crippen LogP contribution < -0.4 is 5.32 Å². The third kappa shape index (κ3) is 5.69. The van der Waals surface area contributed by atoms with Crippen LogP contribution in [0.2, 0.25) is 0 Å². The standard InChI is InChI=1S/C30H37F2N7O/c1-6-38-11-9-20(10-12-38)23(17-40-5)21-7-8-27(33-15-21)36-30-34-16-25(32)28(37-30)22-13-24(31)29-26(14-22)39(18(2)3)19(4)35-29/h7-8,13-16,18,20,23H,6,9-12,17H2,1-5H3,(H,33,34,36,37)/t23-/m0/s1. The largest absolute Gasteiger partial charge is 0.384 e. The highest BCUT2D eigenvalue weighted by Crippen LogP contribution is 2.34. The fraction of sp³-hybridized carbons (Fsp3) is 0.467. The lowest BCUT2D eigenvalue weighted by Crippen LogP contribution is -2.36. The van der Waals surface area contributed by atoms with E-state index in [-0.39, 0.29) is 29.1 Å². The van der Waals surface area contributed by atoms with Gasteiger partial charge in [-0.15, -0.1) is 0 Å². The van der Waals surface area contributed by atoms with Gasteiger partial charge >= 0.3 is 0 Å². The van der Waals surface area contributed by atoms with Crippen molar-refractivity contribution in [2.75, 3.05) is 38.7 Å². The molecule has 1 atom stereocenters. The molecule has 4 heterocycles. The molecule has 10 heteroatoms. The highest BCUT2D eigenvalue weighted by Gasteiger charge is 2.27. The highest BCUT2D eigenvalue weighted by atomic mass is 19.1. The van der Waals surface area contributed by atoms with E-state index in [0.717, 1.165) is 44.2 Å². The lowest BCUT2D eigenvalue weighted by atomic mass is 9.81. The molecule has 3 aromatic heterocycles. The second kappa shape index (κ2) is 11.9. The van der Waals surface area contributed by atoms with Gasteiger partial charge < -0.3 is 19.5 Å². The Kier molecular flexibility index (Phi) is 8.37. The first-order valence-corrected chi connectivity index (χ1v) is 13.9. The minimum atomic E-state index is -0.642. The SMILES string of the molecule is CCN1CCC([C@H](COC)c2ccc(Nc3ncc(F)c(-c4cc(F)c5nc(C)n(C(C)C)c5c4)n3)nc2)CC1. The lowest BCUT2D eigenvalue weighted by Gasteiger charge is -2.35. The number of aromatic nitrogens is 5. The average Bonchev–Trinajstić information content (AvgIpc) is 3.30. The number of nitrogens with zero attached hydrogens (tertiary/aromatic N) is 6. The maximum absolute atomic E-state index is 15.0. The van der Waals surface area contributed by atoms with Crippen molar-refractivity contribution in [3.8, 4) is 11.3 Å². The number of piperidine rings is 1. The first-order valence-electron chi connectivity index (χ1n) is 13.9. The Morgan fingerprint density at radius 1 is 1.05 bits per heavy atom.